The monoisotopic (exact) mass is 610 g/mol. The number of rotatable bonds is 7. The molecule has 1 aromatic carbocycles. The van der Waals surface area contributed by atoms with E-state index in [1.807, 2.05) is 25.2 Å². The summed E-state index contributed by atoms with van der Waals surface area (Å²) in [6, 6.07) is 7.85. The molecular weight excluding hydrogens is 565 g/mol. The van der Waals surface area contributed by atoms with Crippen LogP contribution in [0.25, 0.3) is 10.1 Å². The number of nitrogens with one attached hydrogen (secondary N) is 3. The highest BCUT2D eigenvalue weighted by molar-refractivity contribution is 8.03. The van der Waals surface area contributed by atoms with Gasteiger partial charge in [0.2, 0.25) is 17.7 Å². The molecule has 9 heteroatoms. The first kappa shape index (κ1) is 33.6. The average molecular weight is 611 g/mol. The number of hydrogen-bond donors (Lipinski definition) is 3. The summed E-state index contributed by atoms with van der Waals surface area (Å²) in [6.45, 7) is 9.33. The molecule has 1 saturated heterocycles. The summed E-state index contributed by atoms with van der Waals surface area (Å²) in [4.78, 5) is 38.8. The average Bonchev–Trinajstić information content (AvgIpc) is 3.49. The normalized spacial score (nSPS) is 20.1. The molecule has 42 heavy (non-hydrogen) atoms. The zero-order valence-electron chi connectivity index (χ0n) is 25.5. The Morgan fingerprint density at radius 2 is 1.81 bits per heavy atom. The highest BCUT2D eigenvalue weighted by Gasteiger charge is 2.34. The third-order valence-corrected chi connectivity index (χ3v) is 9.77. The van der Waals surface area contributed by atoms with Gasteiger partial charge in [0.25, 0.3) is 0 Å². The zero-order chi connectivity index (χ0) is 30.5. The van der Waals surface area contributed by atoms with Crippen molar-refractivity contribution in [1.82, 2.24) is 20.9 Å². The molecule has 1 aromatic heterocycles. The molecular formula is C33H46N4O3S2. The van der Waals surface area contributed by atoms with Crippen LogP contribution in [0, 0.1) is 18.8 Å². The molecule has 3 amide bonds. The van der Waals surface area contributed by atoms with Crippen LogP contribution in [-0.4, -0.2) is 60.7 Å². The van der Waals surface area contributed by atoms with E-state index in [0.717, 1.165) is 32.4 Å². The first-order chi connectivity index (χ1) is 20.3. The lowest BCUT2D eigenvalue weighted by atomic mass is 9.90. The Bertz CT molecular complexity index is 1280. The quantitative estimate of drug-likeness (QED) is 0.273. The molecule has 1 aliphatic carbocycles. The van der Waals surface area contributed by atoms with Crippen LogP contribution in [0.4, 0.5) is 0 Å². The van der Waals surface area contributed by atoms with Crippen LogP contribution in [0.15, 0.2) is 64.9 Å². The van der Waals surface area contributed by atoms with E-state index in [0.29, 0.717) is 11.7 Å². The van der Waals surface area contributed by atoms with Crippen molar-refractivity contribution in [3.05, 3.63) is 70.5 Å². The molecule has 1 fully saturated rings. The number of nitrogens with zero attached hydrogens (tertiary/aromatic N) is 1. The Balaban J connectivity index is 0.000000334. The lowest BCUT2D eigenvalue weighted by molar-refractivity contribution is -0.137. The largest absolute Gasteiger partial charge is 0.344 e. The second kappa shape index (κ2) is 17.3. The van der Waals surface area contributed by atoms with Crippen molar-refractivity contribution in [2.24, 2.45) is 11.8 Å². The Hall–Kier alpha value is -2.88. The molecule has 7 nitrogen and oxygen atoms in total. The summed E-state index contributed by atoms with van der Waals surface area (Å²) in [5, 5.41) is 15.0. The van der Waals surface area contributed by atoms with Crippen molar-refractivity contribution in [1.29, 1.82) is 0 Å². The Kier molecular flexibility index (Phi) is 13.8. The van der Waals surface area contributed by atoms with Crippen LogP contribution in [0.2, 0.25) is 0 Å². The maximum atomic E-state index is 13.2. The first-order valence-corrected chi connectivity index (χ1v) is 16.8. The maximum absolute atomic E-state index is 13.2. The van der Waals surface area contributed by atoms with Gasteiger partial charge in [0.05, 0.1) is 6.67 Å². The molecule has 2 aliphatic heterocycles. The number of allylic oxidation sites excluding steroid dienone is 3. The first-order valence-electron chi connectivity index (χ1n) is 14.9. The molecule has 0 saturated carbocycles. The van der Waals surface area contributed by atoms with Crippen LogP contribution in [0.3, 0.4) is 0 Å². The van der Waals surface area contributed by atoms with Crippen molar-refractivity contribution >= 4 is 50.9 Å². The number of amides is 3. The molecule has 3 N–H and O–H groups in total. The highest BCUT2D eigenvalue weighted by atomic mass is 32.2. The highest BCUT2D eigenvalue weighted by Crippen LogP contribution is 2.41. The lowest BCUT2D eigenvalue weighted by Crippen LogP contribution is -2.52. The number of piperidine rings is 1. The van der Waals surface area contributed by atoms with Gasteiger partial charge in [-0.2, -0.15) is 0 Å². The van der Waals surface area contributed by atoms with E-state index in [9.17, 15) is 14.4 Å². The Morgan fingerprint density at radius 1 is 1.10 bits per heavy atom. The van der Waals surface area contributed by atoms with E-state index in [-0.39, 0.29) is 36.2 Å². The number of hydrogen-bond acceptors (Lipinski definition) is 6. The van der Waals surface area contributed by atoms with Gasteiger partial charge in [0.15, 0.2) is 0 Å². The fraction of sp³-hybridized carbons (Fsp3) is 0.485. The third kappa shape index (κ3) is 9.57. The molecule has 0 radical (unpaired) electrons. The zero-order valence-corrected chi connectivity index (χ0v) is 27.2. The fourth-order valence-corrected chi connectivity index (χ4v) is 7.30. The van der Waals surface area contributed by atoms with Gasteiger partial charge in [0, 0.05) is 35.8 Å². The van der Waals surface area contributed by atoms with Gasteiger partial charge < -0.3 is 20.9 Å². The number of benzene rings is 1. The van der Waals surface area contributed by atoms with Crippen LogP contribution in [0.1, 0.15) is 52.0 Å². The molecule has 3 heterocycles. The number of thioether (sulfide) groups is 1. The predicted molar refractivity (Wildman–Crippen MR) is 177 cm³/mol. The molecule has 2 unspecified atom stereocenters. The standard InChI is InChI=1S/C22H32N4O3S.C9H8S.C2H6/c1-15(27)24-14-26(2)22(29)19(25-21(28)16-8-10-23-11-9-16)12-17-13-30-20-7-5-3-4-6-18(17)20;1-7-6-10-9-5-3-2-4-8(7)9;1-2/h4-7,13,16,18-20,23H,3,8-12,14H2,1-2H3,(H,24,27)(H,25,28);2-6H,1H3;1-2H3/t18?,19-,20?;;/m1../s1. The van der Waals surface area contributed by atoms with E-state index < -0.39 is 6.04 Å². The minimum Gasteiger partial charge on any atom is -0.344 e. The molecule has 2 aromatic rings. The number of carbonyl (C=O) groups excluding carboxylic acids is 3. The molecule has 0 bridgehead atoms. The van der Waals surface area contributed by atoms with Crippen LogP contribution >= 0.6 is 23.1 Å². The van der Waals surface area contributed by atoms with Crippen molar-refractivity contribution in [3.8, 4) is 0 Å². The Morgan fingerprint density at radius 3 is 2.52 bits per heavy atom. The van der Waals surface area contributed by atoms with Crippen LogP contribution in [-0.2, 0) is 14.4 Å². The van der Waals surface area contributed by atoms with E-state index in [4.69, 9.17) is 0 Å². The number of fused-ring (bicyclic) bond motifs is 2. The number of thiophene rings is 1. The second-order valence-corrected chi connectivity index (χ2v) is 12.5. The second-order valence-electron chi connectivity index (χ2n) is 10.5. The lowest BCUT2D eigenvalue weighted by Gasteiger charge is -2.29. The summed E-state index contributed by atoms with van der Waals surface area (Å²) in [7, 11) is 1.65. The van der Waals surface area contributed by atoms with Gasteiger partial charge in [-0.1, -0.05) is 61.9 Å². The third-order valence-electron chi connectivity index (χ3n) is 7.48. The number of aryl methyl sites for hydroxylation is 1. The topological polar surface area (TPSA) is 90.5 Å². The van der Waals surface area contributed by atoms with Gasteiger partial charge >= 0.3 is 0 Å². The molecule has 3 aliphatic rings. The van der Waals surface area contributed by atoms with Gasteiger partial charge in [-0.05, 0) is 73.5 Å². The number of likely N-dealkylation sites (N-methyl/N-ethyl adjacent to an activating group) is 1. The van der Waals surface area contributed by atoms with Crippen molar-refractivity contribution in [2.45, 2.75) is 64.7 Å². The summed E-state index contributed by atoms with van der Waals surface area (Å²) in [5.74, 6) is -0.253. The summed E-state index contributed by atoms with van der Waals surface area (Å²) in [5.41, 5.74) is 2.56. The minimum atomic E-state index is -0.641. The summed E-state index contributed by atoms with van der Waals surface area (Å²) >= 11 is 3.58. The van der Waals surface area contributed by atoms with E-state index in [1.54, 1.807) is 18.8 Å². The van der Waals surface area contributed by atoms with E-state index in [2.05, 4.69) is 82.2 Å². The molecule has 3 atom stereocenters. The van der Waals surface area contributed by atoms with Crippen molar-refractivity contribution in [2.75, 3.05) is 26.8 Å². The van der Waals surface area contributed by atoms with Crippen LogP contribution < -0.4 is 16.0 Å². The minimum absolute atomic E-state index is 0.0538. The van der Waals surface area contributed by atoms with E-state index >= 15 is 0 Å². The number of carbonyl (C=O) groups is 3. The van der Waals surface area contributed by atoms with Gasteiger partial charge in [-0.3, -0.25) is 14.4 Å². The smallest absolute Gasteiger partial charge is 0.246 e. The van der Waals surface area contributed by atoms with Gasteiger partial charge in [0.1, 0.15) is 6.04 Å². The van der Waals surface area contributed by atoms with Crippen LogP contribution in [0.5, 0.6) is 0 Å². The predicted octanol–water partition coefficient (Wildman–Crippen LogP) is 5.78. The van der Waals surface area contributed by atoms with Crippen molar-refractivity contribution < 1.29 is 14.4 Å². The molecule has 5 rings (SSSR count). The maximum Gasteiger partial charge on any atom is 0.246 e. The molecule has 0 spiro atoms. The summed E-state index contributed by atoms with van der Waals surface area (Å²) in [6.07, 6.45) is 11.7. The Labute approximate surface area is 259 Å². The SMILES string of the molecule is CC.CC(=O)NCN(C)C(=O)[C@@H](CC1=CSC2C=CCC=CC12)NC(=O)C1CCNCC1.Cc1csc2ccccc12. The summed E-state index contributed by atoms with van der Waals surface area (Å²) < 4.78 is 1.39. The van der Waals surface area contributed by atoms with Crippen molar-refractivity contribution in [3.63, 3.8) is 0 Å². The molecule has 228 valence electrons. The fourth-order valence-electron chi connectivity index (χ4n) is 5.13. The van der Waals surface area contributed by atoms with E-state index in [1.165, 1.54) is 33.0 Å². The van der Waals surface area contributed by atoms with Gasteiger partial charge in [-0.25, -0.2) is 0 Å². The van der Waals surface area contributed by atoms with Gasteiger partial charge in [-0.15, -0.1) is 23.1 Å².